The monoisotopic (exact) mass is 265 g/mol. The molecule has 0 spiro atoms. The molecule has 2 heterocycles. The molecule has 0 radical (unpaired) electrons. The number of hydrogen-bond acceptors (Lipinski definition) is 5. The van der Waals surface area contributed by atoms with Gasteiger partial charge in [-0.25, -0.2) is 0 Å². The molecule has 2 aliphatic rings. The Labute approximate surface area is 112 Å². The highest BCUT2D eigenvalue weighted by atomic mass is 16.6. The first-order valence-electron chi connectivity index (χ1n) is 6.51. The fourth-order valence-corrected chi connectivity index (χ4v) is 2.60. The summed E-state index contributed by atoms with van der Waals surface area (Å²) in [7, 11) is 1.66. The third kappa shape index (κ3) is 2.60. The average Bonchev–Trinajstić information content (AvgIpc) is 3.00. The zero-order valence-electron chi connectivity index (χ0n) is 11.0. The number of benzene rings is 1. The largest absolute Gasteiger partial charge is 0.497 e. The molecule has 0 aliphatic carbocycles. The Kier molecular flexibility index (Phi) is 3.70. The Bertz CT molecular complexity index is 439. The van der Waals surface area contributed by atoms with Gasteiger partial charge in [0.1, 0.15) is 24.1 Å². The molecule has 5 nitrogen and oxygen atoms in total. The van der Waals surface area contributed by atoms with Gasteiger partial charge in [-0.05, 0) is 17.7 Å². The van der Waals surface area contributed by atoms with Crippen LogP contribution in [0.2, 0.25) is 0 Å². The first-order chi connectivity index (χ1) is 9.28. The van der Waals surface area contributed by atoms with Gasteiger partial charge in [0.25, 0.3) is 0 Å². The fourth-order valence-electron chi connectivity index (χ4n) is 2.60. The topological polar surface area (TPSA) is 62.9 Å². The van der Waals surface area contributed by atoms with Crippen molar-refractivity contribution in [2.45, 2.75) is 31.0 Å². The summed E-state index contributed by atoms with van der Waals surface area (Å²) in [5.74, 6) is 0.834. The van der Waals surface area contributed by atoms with E-state index in [1.807, 2.05) is 24.3 Å². The van der Waals surface area contributed by atoms with Crippen LogP contribution in [0.4, 0.5) is 0 Å². The fraction of sp³-hybridized carbons (Fsp3) is 0.571. The Morgan fingerprint density at radius 2 is 2.11 bits per heavy atom. The highest BCUT2D eigenvalue weighted by Gasteiger charge is 2.46. The first kappa shape index (κ1) is 12.9. The molecule has 4 atom stereocenters. The number of rotatable bonds is 4. The number of hydrogen-bond donors (Lipinski definition) is 1. The molecule has 4 unspecified atom stereocenters. The van der Waals surface area contributed by atoms with Gasteiger partial charge in [-0.1, -0.05) is 12.1 Å². The summed E-state index contributed by atoms with van der Waals surface area (Å²) in [4.78, 5) is 0. The lowest BCUT2D eigenvalue weighted by Crippen LogP contribution is -2.37. The van der Waals surface area contributed by atoms with Gasteiger partial charge >= 0.3 is 0 Å². The van der Waals surface area contributed by atoms with Crippen LogP contribution in [-0.4, -0.2) is 44.7 Å². The highest BCUT2D eigenvalue weighted by Crippen LogP contribution is 2.28. The van der Waals surface area contributed by atoms with Crippen molar-refractivity contribution in [3.05, 3.63) is 29.8 Å². The molecule has 3 rings (SSSR count). The van der Waals surface area contributed by atoms with Crippen LogP contribution in [0.15, 0.2) is 24.3 Å². The normalized spacial score (nSPS) is 33.4. The molecule has 0 aromatic heterocycles. The maximum atomic E-state index is 5.91. The maximum Gasteiger partial charge on any atom is 0.119 e. The van der Waals surface area contributed by atoms with Gasteiger partial charge in [-0.3, -0.25) is 0 Å². The summed E-state index contributed by atoms with van der Waals surface area (Å²) in [5.41, 5.74) is 6.98. The molecule has 2 saturated heterocycles. The average molecular weight is 265 g/mol. The zero-order valence-corrected chi connectivity index (χ0v) is 11.0. The lowest BCUT2D eigenvalue weighted by atomic mass is 10.1. The van der Waals surface area contributed by atoms with Crippen LogP contribution in [0.5, 0.6) is 5.75 Å². The Morgan fingerprint density at radius 3 is 2.95 bits per heavy atom. The molecular formula is C14H19NO4. The third-order valence-electron chi connectivity index (χ3n) is 3.64. The summed E-state index contributed by atoms with van der Waals surface area (Å²) >= 11 is 0. The second-order valence-electron chi connectivity index (χ2n) is 4.96. The van der Waals surface area contributed by atoms with Crippen molar-refractivity contribution in [3.63, 3.8) is 0 Å². The van der Waals surface area contributed by atoms with E-state index in [-0.39, 0.29) is 24.4 Å². The number of nitrogens with two attached hydrogens (primary N) is 1. The van der Waals surface area contributed by atoms with Crippen LogP contribution >= 0.6 is 0 Å². The molecule has 2 N–H and O–H groups in total. The van der Waals surface area contributed by atoms with Crippen molar-refractivity contribution in [2.24, 2.45) is 5.73 Å². The van der Waals surface area contributed by atoms with E-state index in [1.54, 1.807) is 7.11 Å². The van der Waals surface area contributed by atoms with Crippen LogP contribution in [0, 0.1) is 0 Å². The molecule has 5 heteroatoms. The Balaban J connectivity index is 1.58. The molecule has 0 saturated carbocycles. The van der Waals surface area contributed by atoms with Crippen molar-refractivity contribution in [1.29, 1.82) is 0 Å². The van der Waals surface area contributed by atoms with Gasteiger partial charge in [0.15, 0.2) is 0 Å². The lowest BCUT2D eigenvalue weighted by molar-refractivity contribution is -0.0390. The lowest BCUT2D eigenvalue weighted by Gasteiger charge is -2.17. The molecule has 2 fully saturated rings. The molecule has 1 aromatic rings. The maximum absolute atomic E-state index is 5.91. The second kappa shape index (κ2) is 5.46. The van der Waals surface area contributed by atoms with Gasteiger partial charge in [0.2, 0.25) is 0 Å². The molecule has 2 aliphatic heterocycles. The van der Waals surface area contributed by atoms with E-state index >= 15 is 0 Å². The van der Waals surface area contributed by atoms with Gasteiger partial charge in [-0.15, -0.1) is 0 Å². The van der Waals surface area contributed by atoms with E-state index in [9.17, 15) is 0 Å². The van der Waals surface area contributed by atoms with E-state index in [1.165, 1.54) is 0 Å². The molecule has 19 heavy (non-hydrogen) atoms. The summed E-state index contributed by atoms with van der Waals surface area (Å²) in [6.07, 6.45) is -0.0827. The van der Waals surface area contributed by atoms with Crippen molar-refractivity contribution < 1.29 is 18.9 Å². The molecule has 1 aromatic carbocycles. The highest BCUT2D eigenvalue weighted by molar-refractivity contribution is 5.27. The summed E-state index contributed by atoms with van der Waals surface area (Å²) in [6.45, 7) is 1.62. The SMILES string of the molecule is COc1cccc(COC2COC3C(N)COC23)c1. The number of methoxy groups -OCH3 is 1. The minimum Gasteiger partial charge on any atom is -0.497 e. The summed E-state index contributed by atoms with van der Waals surface area (Å²) in [6, 6.07) is 7.81. The quantitative estimate of drug-likeness (QED) is 0.868. The van der Waals surface area contributed by atoms with Crippen molar-refractivity contribution in [1.82, 2.24) is 0 Å². The van der Waals surface area contributed by atoms with E-state index in [4.69, 9.17) is 24.7 Å². The van der Waals surface area contributed by atoms with Crippen LogP contribution in [0.1, 0.15) is 5.56 Å². The van der Waals surface area contributed by atoms with E-state index in [0.29, 0.717) is 19.8 Å². The van der Waals surface area contributed by atoms with Crippen LogP contribution in [-0.2, 0) is 20.8 Å². The van der Waals surface area contributed by atoms with Crippen molar-refractivity contribution in [2.75, 3.05) is 20.3 Å². The van der Waals surface area contributed by atoms with Crippen molar-refractivity contribution in [3.8, 4) is 5.75 Å². The van der Waals surface area contributed by atoms with Gasteiger partial charge in [0.05, 0.1) is 33.0 Å². The van der Waals surface area contributed by atoms with Gasteiger partial charge in [0, 0.05) is 0 Å². The molecule has 104 valence electrons. The number of fused-ring (bicyclic) bond motifs is 1. The van der Waals surface area contributed by atoms with E-state index in [2.05, 4.69) is 0 Å². The predicted octanol–water partition coefficient (Wildman–Crippen LogP) is 0.705. The van der Waals surface area contributed by atoms with Gasteiger partial charge < -0.3 is 24.7 Å². The minimum atomic E-state index is -0.0373. The Hall–Kier alpha value is -1.14. The second-order valence-corrected chi connectivity index (χ2v) is 4.96. The van der Waals surface area contributed by atoms with Crippen LogP contribution < -0.4 is 10.5 Å². The van der Waals surface area contributed by atoms with E-state index in [0.717, 1.165) is 11.3 Å². The predicted molar refractivity (Wildman–Crippen MR) is 69.0 cm³/mol. The first-order valence-corrected chi connectivity index (χ1v) is 6.51. The van der Waals surface area contributed by atoms with Crippen LogP contribution in [0.25, 0.3) is 0 Å². The molecular weight excluding hydrogens is 246 g/mol. The smallest absolute Gasteiger partial charge is 0.119 e. The zero-order chi connectivity index (χ0) is 13.2. The van der Waals surface area contributed by atoms with E-state index < -0.39 is 0 Å². The van der Waals surface area contributed by atoms with Crippen molar-refractivity contribution >= 4 is 0 Å². The summed E-state index contributed by atoms with van der Waals surface area (Å²) < 4.78 is 22.3. The van der Waals surface area contributed by atoms with Crippen LogP contribution in [0.3, 0.4) is 0 Å². The Morgan fingerprint density at radius 1 is 1.26 bits per heavy atom. The minimum absolute atomic E-state index is 0.0182. The third-order valence-corrected chi connectivity index (χ3v) is 3.64. The number of ether oxygens (including phenoxy) is 4. The van der Waals surface area contributed by atoms with Gasteiger partial charge in [-0.2, -0.15) is 0 Å². The molecule has 0 amide bonds. The molecule has 0 bridgehead atoms. The summed E-state index contributed by atoms with van der Waals surface area (Å²) in [5, 5.41) is 0. The standard InChI is InChI=1S/C14H19NO4/c1-16-10-4-2-3-9(5-10)6-17-12-8-19-13-11(15)7-18-14(12)13/h2-5,11-14H,6-8,15H2,1H3.